The molecule has 0 fully saturated rings. The van der Waals surface area contributed by atoms with Crippen LogP contribution >= 0.6 is 11.8 Å². The molecule has 0 N–H and O–H groups in total. The molecule has 1 aromatic rings. The second-order valence-corrected chi connectivity index (χ2v) is 5.37. The zero-order valence-corrected chi connectivity index (χ0v) is 12.0. The Morgan fingerprint density at radius 1 is 1.32 bits per heavy atom. The highest BCUT2D eigenvalue weighted by Crippen LogP contribution is 2.29. The second kappa shape index (κ2) is 5.19. The first-order valence-corrected chi connectivity index (χ1v) is 6.94. The average molecular weight is 316 g/mol. The van der Waals surface area contributed by atoms with Gasteiger partial charge in [-0.15, -0.1) is 0 Å². The number of hydrogen-bond donors (Lipinski definition) is 0. The number of fused-ring (bicyclic) bond motifs is 1. The number of carbonyl (C=O) groups excluding carboxylic acids is 2. The van der Waals surface area contributed by atoms with E-state index in [1.165, 1.54) is 31.2 Å². The molecule has 2 heterocycles. The number of benzene rings is 1. The summed E-state index contributed by atoms with van der Waals surface area (Å²) in [6.07, 6.45) is 1.32. The predicted octanol–water partition coefficient (Wildman–Crippen LogP) is 1.78. The average Bonchev–Trinajstić information content (AvgIpc) is 2.76. The number of hydrogen-bond acceptors (Lipinski definition) is 7. The van der Waals surface area contributed by atoms with Crippen molar-refractivity contribution in [2.24, 2.45) is 10.1 Å². The largest absolute Gasteiger partial charge is 0.299 e. The lowest BCUT2D eigenvalue weighted by Gasteiger charge is -2.15. The van der Waals surface area contributed by atoms with Crippen molar-refractivity contribution in [3.63, 3.8) is 0 Å². The number of para-hydroxylation sites is 1. The summed E-state index contributed by atoms with van der Waals surface area (Å²) in [5.41, 5.74) is 0.334. The molecule has 3 rings (SSSR count). The van der Waals surface area contributed by atoms with Crippen LogP contribution in [0.1, 0.15) is 12.5 Å². The molecule has 0 spiro atoms. The number of nitrogens with zero attached hydrogens (tertiary/aromatic N) is 4. The Hall–Kier alpha value is -2.81. The van der Waals surface area contributed by atoms with Crippen molar-refractivity contribution in [1.29, 1.82) is 0 Å². The Bertz CT molecular complexity index is 812. The lowest BCUT2D eigenvalue weighted by atomic mass is 10.1. The van der Waals surface area contributed by atoms with Crippen LogP contribution in [-0.4, -0.2) is 31.8 Å². The number of nitro benzene ring substituents is 1. The summed E-state index contributed by atoms with van der Waals surface area (Å²) < 4.78 is 0. The third-order valence-corrected chi connectivity index (χ3v) is 3.89. The van der Waals surface area contributed by atoms with Crippen LogP contribution in [0.5, 0.6) is 0 Å². The van der Waals surface area contributed by atoms with Crippen molar-refractivity contribution in [3.8, 4) is 0 Å². The van der Waals surface area contributed by atoms with Gasteiger partial charge in [0, 0.05) is 6.07 Å². The molecule has 0 radical (unpaired) electrons. The highest BCUT2D eigenvalue weighted by Gasteiger charge is 2.36. The van der Waals surface area contributed by atoms with Crippen molar-refractivity contribution in [3.05, 3.63) is 45.6 Å². The first-order chi connectivity index (χ1) is 10.5. The summed E-state index contributed by atoms with van der Waals surface area (Å²) in [5, 5.41) is 15.8. The number of rotatable bonds is 2. The van der Waals surface area contributed by atoms with E-state index in [9.17, 15) is 19.7 Å². The van der Waals surface area contributed by atoms with Gasteiger partial charge in [-0.3, -0.25) is 19.7 Å². The lowest BCUT2D eigenvalue weighted by molar-refractivity contribution is -0.385. The molecule has 0 atom stereocenters. The Labute approximate surface area is 128 Å². The molecular formula is C13H8N4O4S. The van der Waals surface area contributed by atoms with Crippen LogP contribution in [-0.2, 0) is 9.59 Å². The number of amides is 1. The third-order valence-electron chi connectivity index (χ3n) is 2.96. The molecule has 9 heteroatoms. The molecule has 22 heavy (non-hydrogen) atoms. The number of carbonyl (C=O) groups is 2. The van der Waals surface area contributed by atoms with E-state index in [1.807, 2.05) is 0 Å². The summed E-state index contributed by atoms with van der Waals surface area (Å²) in [4.78, 5) is 38.3. The van der Waals surface area contributed by atoms with Gasteiger partial charge in [-0.25, -0.2) is 4.99 Å². The Morgan fingerprint density at radius 2 is 2.05 bits per heavy atom. The SMILES string of the molecule is CC1=NN2C(=O)C(=Cc3ccccc3[N+](=O)[O-])N=C2SC1=O. The van der Waals surface area contributed by atoms with Crippen molar-refractivity contribution < 1.29 is 14.5 Å². The lowest BCUT2D eigenvalue weighted by Crippen LogP contribution is -2.32. The van der Waals surface area contributed by atoms with E-state index >= 15 is 0 Å². The maximum absolute atomic E-state index is 12.2. The Kier molecular flexibility index (Phi) is 3.33. The molecule has 0 aromatic heterocycles. The number of nitro groups is 1. The van der Waals surface area contributed by atoms with E-state index in [-0.39, 0.29) is 32.9 Å². The van der Waals surface area contributed by atoms with E-state index in [2.05, 4.69) is 10.1 Å². The molecule has 2 aliphatic rings. The van der Waals surface area contributed by atoms with Gasteiger partial charge in [-0.05, 0) is 30.8 Å². The molecule has 1 aromatic carbocycles. The fourth-order valence-electron chi connectivity index (χ4n) is 1.91. The van der Waals surface area contributed by atoms with Crippen LogP contribution in [0, 0.1) is 10.1 Å². The van der Waals surface area contributed by atoms with Crippen LogP contribution in [0.4, 0.5) is 5.69 Å². The van der Waals surface area contributed by atoms with Gasteiger partial charge in [0.1, 0.15) is 11.4 Å². The molecule has 8 nitrogen and oxygen atoms in total. The van der Waals surface area contributed by atoms with E-state index < -0.39 is 10.8 Å². The summed E-state index contributed by atoms with van der Waals surface area (Å²) in [7, 11) is 0. The van der Waals surface area contributed by atoms with Gasteiger partial charge in [0.2, 0.25) is 10.3 Å². The Morgan fingerprint density at radius 3 is 2.77 bits per heavy atom. The molecule has 1 amide bonds. The summed E-state index contributed by atoms with van der Waals surface area (Å²) >= 11 is 0.804. The molecular weight excluding hydrogens is 308 g/mol. The van der Waals surface area contributed by atoms with Crippen molar-refractivity contribution >= 4 is 45.4 Å². The number of thioether (sulfide) groups is 1. The van der Waals surface area contributed by atoms with Crippen molar-refractivity contribution in [2.75, 3.05) is 0 Å². The summed E-state index contributed by atoms with van der Waals surface area (Å²) in [6.45, 7) is 1.50. The summed E-state index contributed by atoms with van der Waals surface area (Å²) in [5.74, 6) is -0.521. The second-order valence-electron chi connectivity index (χ2n) is 4.43. The number of amidine groups is 1. The van der Waals surface area contributed by atoms with Gasteiger partial charge in [-0.2, -0.15) is 10.1 Å². The van der Waals surface area contributed by atoms with Crippen LogP contribution in [0.15, 0.2) is 40.1 Å². The highest BCUT2D eigenvalue weighted by molar-refractivity contribution is 8.27. The normalized spacial score (nSPS) is 19.1. The van der Waals surface area contributed by atoms with Crippen LogP contribution < -0.4 is 0 Å². The molecule has 0 bridgehead atoms. The minimum Gasteiger partial charge on any atom is -0.280 e. The molecule has 0 saturated carbocycles. The molecule has 2 aliphatic heterocycles. The monoisotopic (exact) mass is 316 g/mol. The van der Waals surface area contributed by atoms with E-state index in [4.69, 9.17) is 0 Å². The maximum atomic E-state index is 12.2. The fourth-order valence-corrected chi connectivity index (χ4v) is 2.62. The van der Waals surface area contributed by atoms with Crippen molar-refractivity contribution in [2.45, 2.75) is 6.92 Å². The zero-order valence-electron chi connectivity index (χ0n) is 11.2. The van der Waals surface area contributed by atoms with Crippen LogP contribution in [0.3, 0.4) is 0 Å². The summed E-state index contributed by atoms with van der Waals surface area (Å²) in [6, 6.07) is 6.02. The molecule has 110 valence electrons. The topological polar surface area (TPSA) is 105 Å². The smallest absolute Gasteiger partial charge is 0.280 e. The van der Waals surface area contributed by atoms with Crippen LogP contribution in [0.25, 0.3) is 6.08 Å². The first kappa shape index (κ1) is 14.1. The third kappa shape index (κ3) is 2.31. The van der Waals surface area contributed by atoms with E-state index in [0.29, 0.717) is 0 Å². The molecule has 0 aliphatic carbocycles. The number of hydrazone groups is 1. The molecule has 0 saturated heterocycles. The number of aliphatic imine (C=N–C) groups is 1. The van der Waals surface area contributed by atoms with Gasteiger partial charge in [-0.1, -0.05) is 12.1 Å². The van der Waals surface area contributed by atoms with Gasteiger partial charge in [0.15, 0.2) is 0 Å². The predicted molar refractivity (Wildman–Crippen MR) is 81.1 cm³/mol. The van der Waals surface area contributed by atoms with Gasteiger partial charge in [0.25, 0.3) is 11.6 Å². The van der Waals surface area contributed by atoms with Crippen LogP contribution in [0.2, 0.25) is 0 Å². The quantitative estimate of drug-likeness (QED) is 0.470. The van der Waals surface area contributed by atoms with Crippen molar-refractivity contribution in [1.82, 2.24) is 5.01 Å². The standard InChI is InChI=1S/C13H8N4O4S/c1-7-12(19)22-13-14-9(11(18)16(13)15-7)6-8-4-2-3-5-10(8)17(20)21/h2-6H,1H3. The van der Waals surface area contributed by atoms with E-state index in [1.54, 1.807) is 6.07 Å². The van der Waals surface area contributed by atoms with Gasteiger partial charge in [0.05, 0.1) is 10.5 Å². The van der Waals surface area contributed by atoms with Gasteiger partial charge < -0.3 is 0 Å². The highest BCUT2D eigenvalue weighted by atomic mass is 32.2. The molecule has 0 unspecified atom stereocenters. The zero-order chi connectivity index (χ0) is 15.9. The Balaban J connectivity index is 2.03. The van der Waals surface area contributed by atoms with Gasteiger partial charge >= 0.3 is 0 Å². The maximum Gasteiger partial charge on any atom is 0.299 e. The minimum absolute atomic E-state index is 0.00282. The first-order valence-electron chi connectivity index (χ1n) is 6.13. The van der Waals surface area contributed by atoms with E-state index in [0.717, 1.165) is 16.8 Å². The fraction of sp³-hybridized carbons (Fsp3) is 0.0769. The minimum atomic E-state index is -0.535.